The third kappa shape index (κ3) is 8.45. The lowest BCUT2D eigenvalue weighted by Gasteiger charge is -2.40. The van der Waals surface area contributed by atoms with E-state index in [0.29, 0.717) is 5.41 Å². The van der Waals surface area contributed by atoms with Crippen molar-refractivity contribution in [2.45, 2.75) is 72.6 Å². The summed E-state index contributed by atoms with van der Waals surface area (Å²) in [5.41, 5.74) is 10.4. The zero-order chi connectivity index (χ0) is 29.7. The van der Waals surface area contributed by atoms with Gasteiger partial charge in [-0.05, 0) is 106 Å². The third-order valence-electron chi connectivity index (χ3n) is 8.77. The average Bonchev–Trinajstić information content (AvgIpc) is 3.67. The third-order valence-corrected chi connectivity index (χ3v) is 8.77. The van der Waals surface area contributed by atoms with Crippen LogP contribution in [0.5, 0.6) is 0 Å². The normalized spacial score (nSPS) is 16.4. The molecular weight excluding hydrogens is 500 g/mol. The highest BCUT2D eigenvalue weighted by atomic mass is 15.2. The quantitative estimate of drug-likeness (QED) is 0.355. The molecular formula is C37H54N4. The molecule has 4 heteroatoms. The number of likely N-dealkylation sites (tertiary alicyclic amines) is 1. The number of piperidine rings is 1. The van der Waals surface area contributed by atoms with E-state index in [1.165, 1.54) is 73.1 Å². The number of aryl methyl sites for hydroxylation is 3. The van der Waals surface area contributed by atoms with Crippen LogP contribution in [0.25, 0.3) is 5.70 Å². The second kappa shape index (κ2) is 16.4. The molecule has 0 bridgehead atoms. The van der Waals surface area contributed by atoms with Gasteiger partial charge >= 0.3 is 0 Å². The Morgan fingerprint density at radius 1 is 0.902 bits per heavy atom. The Labute approximate surface area is 250 Å². The van der Waals surface area contributed by atoms with Gasteiger partial charge in [0.2, 0.25) is 0 Å². The number of nitrogens with zero attached hydrogens (tertiary/aromatic N) is 3. The fourth-order valence-electron chi connectivity index (χ4n) is 6.43. The summed E-state index contributed by atoms with van der Waals surface area (Å²) in [6, 6.07) is 19.6. The van der Waals surface area contributed by atoms with Crippen LogP contribution >= 0.6 is 0 Å². The van der Waals surface area contributed by atoms with Gasteiger partial charge in [-0.3, -0.25) is 4.98 Å². The number of fused-ring (bicyclic) bond motifs is 1. The van der Waals surface area contributed by atoms with Gasteiger partial charge in [0.15, 0.2) is 0 Å². The summed E-state index contributed by atoms with van der Waals surface area (Å²) < 4.78 is 0. The summed E-state index contributed by atoms with van der Waals surface area (Å²) in [5.74, 6) is 0. The van der Waals surface area contributed by atoms with E-state index in [1.807, 2.05) is 40.3 Å². The first-order chi connectivity index (χ1) is 20.0. The first-order valence-electron chi connectivity index (χ1n) is 15.8. The number of rotatable bonds is 4. The fraction of sp³-hybridized carbons (Fsp3) is 0.486. The highest BCUT2D eigenvalue weighted by molar-refractivity contribution is 5.67. The summed E-state index contributed by atoms with van der Waals surface area (Å²) in [4.78, 5) is 9.25. The molecule has 41 heavy (non-hydrogen) atoms. The Bertz CT molecular complexity index is 1190. The van der Waals surface area contributed by atoms with Crippen molar-refractivity contribution in [2.75, 3.05) is 45.2 Å². The standard InChI is InChI=1S/C24H29N3.C9H12.C2H7N.C2H6/c1-19(22-6-2-4-20-5-3-7-23(20)22)27-17-12-24(18-27)10-15-26(16-11-24)21-8-13-25-14-9-21;1-3-9-7-5-4-6-8(9)2;1-3-2;1-2/h2,4,6,8-9,13-14H,1,3,5,7,10-12,15-18H2;4-7H,3H2,1-2H3;3H,1-2H3;1-2H3. The highest BCUT2D eigenvalue weighted by Gasteiger charge is 2.41. The number of hydrogen-bond acceptors (Lipinski definition) is 4. The molecule has 222 valence electrons. The number of pyridine rings is 1. The largest absolute Gasteiger partial charge is 0.371 e. The first kappa shape index (κ1) is 32.4. The van der Waals surface area contributed by atoms with Crippen LogP contribution in [0.15, 0.2) is 73.6 Å². The van der Waals surface area contributed by atoms with Crippen molar-refractivity contribution in [1.82, 2.24) is 15.2 Å². The minimum Gasteiger partial charge on any atom is -0.371 e. The topological polar surface area (TPSA) is 31.4 Å². The van der Waals surface area contributed by atoms with Gasteiger partial charge in [-0.15, -0.1) is 0 Å². The van der Waals surface area contributed by atoms with E-state index in [4.69, 9.17) is 0 Å². The molecule has 1 spiro atoms. The second-order valence-corrected chi connectivity index (χ2v) is 11.4. The van der Waals surface area contributed by atoms with E-state index < -0.39 is 0 Å². The summed E-state index contributed by atoms with van der Waals surface area (Å²) in [6.07, 6.45) is 12.6. The molecule has 1 N–H and O–H groups in total. The summed E-state index contributed by atoms with van der Waals surface area (Å²) in [6.45, 7) is 17.5. The number of benzene rings is 2. The van der Waals surface area contributed by atoms with E-state index in [-0.39, 0.29) is 0 Å². The van der Waals surface area contributed by atoms with E-state index >= 15 is 0 Å². The maximum absolute atomic E-state index is 4.53. The van der Waals surface area contributed by atoms with Crippen LogP contribution in [0.2, 0.25) is 0 Å². The molecule has 2 saturated heterocycles. The van der Waals surface area contributed by atoms with Gasteiger partial charge in [0.25, 0.3) is 0 Å². The predicted octanol–water partition coefficient (Wildman–Crippen LogP) is 7.95. The maximum Gasteiger partial charge on any atom is 0.0397 e. The summed E-state index contributed by atoms with van der Waals surface area (Å²) >= 11 is 0. The van der Waals surface area contributed by atoms with Gasteiger partial charge in [-0.2, -0.15) is 0 Å². The second-order valence-electron chi connectivity index (χ2n) is 11.4. The van der Waals surface area contributed by atoms with Crippen LogP contribution in [0.4, 0.5) is 5.69 Å². The Balaban J connectivity index is 0.000000277. The lowest BCUT2D eigenvalue weighted by atomic mass is 9.77. The van der Waals surface area contributed by atoms with Gasteiger partial charge in [-0.1, -0.05) is 69.8 Å². The lowest BCUT2D eigenvalue weighted by molar-refractivity contribution is 0.231. The highest BCUT2D eigenvalue weighted by Crippen LogP contribution is 2.44. The molecule has 3 aromatic rings. The fourth-order valence-corrected chi connectivity index (χ4v) is 6.43. The minimum atomic E-state index is 0.477. The number of aromatic nitrogens is 1. The van der Waals surface area contributed by atoms with Crippen LogP contribution in [0.1, 0.15) is 74.3 Å². The van der Waals surface area contributed by atoms with E-state index in [2.05, 4.69) is 95.1 Å². The molecule has 0 radical (unpaired) electrons. The lowest BCUT2D eigenvalue weighted by Crippen LogP contribution is -2.41. The Morgan fingerprint density at radius 3 is 2.20 bits per heavy atom. The van der Waals surface area contributed by atoms with Gasteiger partial charge < -0.3 is 15.1 Å². The molecule has 1 aliphatic carbocycles. The van der Waals surface area contributed by atoms with Gasteiger partial charge in [0.05, 0.1) is 0 Å². The Kier molecular flexibility index (Phi) is 12.9. The molecule has 0 atom stereocenters. The van der Waals surface area contributed by atoms with Crippen molar-refractivity contribution < 1.29 is 0 Å². The van der Waals surface area contributed by atoms with E-state index in [0.717, 1.165) is 26.1 Å². The van der Waals surface area contributed by atoms with Crippen molar-refractivity contribution in [3.05, 3.63) is 101 Å². The van der Waals surface area contributed by atoms with Crippen molar-refractivity contribution in [1.29, 1.82) is 0 Å². The van der Waals surface area contributed by atoms with Crippen molar-refractivity contribution in [3.8, 4) is 0 Å². The van der Waals surface area contributed by atoms with Crippen LogP contribution in [-0.4, -0.2) is 50.2 Å². The molecule has 1 aromatic heterocycles. The molecule has 4 nitrogen and oxygen atoms in total. The first-order valence-corrected chi connectivity index (χ1v) is 15.8. The SMILES string of the molecule is C=C(c1cccc2c1CCC2)N1CCC2(CCN(c3ccncc3)CC2)C1.CC.CCc1ccccc1C.CNC. The average molecular weight is 555 g/mol. The zero-order valence-electron chi connectivity index (χ0n) is 26.7. The van der Waals surface area contributed by atoms with E-state index in [9.17, 15) is 0 Å². The predicted molar refractivity (Wildman–Crippen MR) is 179 cm³/mol. The summed E-state index contributed by atoms with van der Waals surface area (Å²) in [5, 5.41) is 2.75. The Hall–Kier alpha value is -3.11. The van der Waals surface area contributed by atoms with Crippen LogP contribution < -0.4 is 10.2 Å². The van der Waals surface area contributed by atoms with Crippen molar-refractivity contribution >= 4 is 11.4 Å². The molecule has 0 unspecified atom stereocenters. The molecule has 6 rings (SSSR count). The van der Waals surface area contributed by atoms with Crippen LogP contribution in [0, 0.1) is 12.3 Å². The number of nitrogens with one attached hydrogen (secondary N) is 1. The van der Waals surface area contributed by atoms with Crippen LogP contribution in [-0.2, 0) is 19.3 Å². The molecule has 0 saturated carbocycles. The zero-order valence-corrected chi connectivity index (χ0v) is 26.7. The van der Waals surface area contributed by atoms with Gasteiger partial charge in [-0.25, -0.2) is 0 Å². The van der Waals surface area contributed by atoms with E-state index in [1.54, 1.807) is 11.1 Å². The van der Waals surface area contributed by atoms with Crippen LogP contribution in [0.3, 0.4) is 0 Å². The van der Waals surface area contributed by atoms with Crippen molar-refractivity contribution in [3.63, 3.8) is 0 Å². The minimum absolute atomic E-state index is 0.477. The summed E-state index contributed by atoms with van der Waals surface area (Å²) in [7, 11) is 3.75. The molecule has 2 fully saturated rings. The number of anilines is 1. The molecule has 3 heterocycles. The van der Waals surface area contributed by atoms with Crippen molar-refractivity contribution in [2.24, 2.45) is 5.41 Å². The maximum atomic E-state index is 4.53. The molecule has 2 aliphatic heterocycles. The molecule has 3 aliphatic rings. The molecule has 2 aromatic carbocycles. The van der Waals surface area contributed by atoms with Gasteiger partial charge in [0.1, 0.15) is 0 Å². The monoisotopic (exact) mass is 554 g/mol. The van der Waals surface area contributed by atoms with Gasteiger partial charge in [0, 0.05) is 55.5 Å². The Morgan fingerprint density at radius 2 is 1.56 bits per heavy atom. The smallest absolute Gasteiger partial charge is 0.0397 e. The number of hydrogen-bond donors (Lipinski definition) is 1. The molecule has 0 amide bonds.